The highest BCUT2D eigenvalue weighted by atomic mass is 79.9. The van der Waals surface area contributed by atoms with Crippen molar-refractivity contribution in [3.05, 3.63) is 28.2 Å². The van der Waals surface area contributed by atoms with E-state index in [0.29, 0.717) is 11.3 Å². The lowest BCUT2D eigenvalue weighted by Crippen LogP contribution is -2.15. The molecule has 4 nitrogen and oxygen atoms in total. The van der Waals surface area contributed by atoms with Crippen LogP contribution in [-0.2, 0) is 15.8 Å². The number of halogens is 1. The van der Waals surface area contributed by atoms with Gasteiger partial charge in [0.25, 0.3) is 0 Å². The molecule has 0 spiro atoms. The Hall–Kier alpha value is -0.590. The first-order chi connectivity index (χ1) is 6.42. The molecule has 1 aromatic rings. The summed E-state index contributed by atoms with van der Waals surface area (Å²) in [5, 5.41) is 4.94. The number of hydrogen-bond acceptors (Lipinski definition) is 3. The van der Waals surface area contributed by atoms with E-state index in [4.69, 9.17) is 9.88 Å². The summed E-state index contributed by atoms with van der Waals surface area (Å²) >= 11 is 3.24. The highest BCUT2D eigenvalue weighted by molar-refractivity contribution is 9.10. The Labute approximate surface area is 91.2 Å². The molecule has 0 amide bonds. The Morgan fingerprint density at radius 3 is 2.64 bits per heavy atom. The Bertz CT molecular complexity index is 430. The van der Waals surface area contributed by atoms with Crippen molar-refractivity contribution in [2.24, 2.45) is 5.14 Å². The van der Waals surface area contributed by atoms with Crippen molar-refractivity contribution in [3.8, 4) is 5.75 Å². The predicted octanol–water partition coefficient (Wildman–Crippen LogP) is 1.25. The fraction of sp³-hybridized carbons (Fsp3) is 0.250. The Balaban J connectivity index is 3.11. The first kappa shape index (κ1) is 11.5. The highest BCUT2D eigenvalue weighted by Gasteiger charge is 2.10. The molecule has 0 bridgehead atoms. The van der Waals surface area contributed by atoms with Crippen LogP contribution in [0.2, 0.25) is 0 Å². The summed E-state index contributed by atoms with van der Waals surface area (Å²) in [5.41, 5.74) is 0.546. The average molecular weight is 280 g/mol. The first-order valence-electron chi connectivity index (χ1n) is 3.75. The van der Waals surface area contributed by atoms with E-state index in [0.717, 1.165) is 4.47 Å². The number of methoxy groups -OCH3 is 1. The summed E-state index contributed by atoms with van der Waals surface area (Å²) in [6.07, 6.45) is 0. The van der Waals surface area contributed by atoms with E-state index in [-0.39, 0.29) is 5.75 Å². The standard InChI is InChI=1S/C8H10BrNO3S/c1-13-8-3-2-7(9)4-6(8)5-14(10,11)12/h2-4H,5H2,1H3,(H2,10,11,12). The number of primary sulfonamides is 1. The van der Waals surface area contributed by atoms with Crippen molar-refractivity contribution in [2.75, 3.05) is 7.11 Å². The minimum Gasteiger partial charge on any atom is -0.496 e. The molecule has 0 heterocycles. The average Bonchev–Trinajstić information content (AvgIpc) is 2.01. The molecule has 1 aromatic carbocycles. The third-order valence-corrected chi connectivity index (χ3v) is 2.81. The van der Waals surface area contributed by atoms with E-state index < -0.39 is 10.0 Å². The van der Waals surface area contributed by atoms with Crippen LogP contribution in [0.3, 0.4) is 0 Å². The lowest BCUT2D eigenvalue weighted by atomic mass is 10.2. The molecular formula is C8H10BrNO3S. The van der Waals surface area contributed by atoms with Crippen LogP contribution in [0.4, 0.5) is 0 Å². The number of ether oxygens (including phenoxy) is 1. The molecule has 0 fully saturated rings. The Kier molecular flexibility index (Phi) is 3.52. The lowest BCUT2D eigenvalue weighted by molar-refractivity contribution is 0.411. The van der Waals surface area contributed by atoms with Crippen molar-refractivity contribution in [2.45, 2.75) is 5.75 Å². The van der Waals surface area contributed by atoms with Gasteiger partial charge in [0.05, 0.1) is 12.9 Å². The third kappa shape index (κ3) is 3.28. The molecule has 0 saturated carbocycles. The molecule has 1 rings (SSSR count). The molecule has 6 heteroatoms. The van der Waals surface area contributed by atoms with Crippen LogP contribution in [0.25, 0.3) is 0 Å². The summed E-state index contributed by atoms with van der Waals surface area (Å²) in [4.78, 5) is 0. The van der Waals surface area contributed by atoms with Crippen molar-refractivity contribution < 1.29 is 13.2 Å². The molecule has 78 valence electrons. The summed E-state index contributed by atoms with van der Waals surface area (Å²) in [6, 6.07) is 5.12. The zero-order valence-corrected chi connectivity index (χ0v) is 9.93. The number of sulfonamides is 1. The van der Waals surface area contributed by atoms with Gasteiger partial charge in [-0.15, -0.1) is 0 Å². The van der Waals surface area contributed by atoms with Gasteiger partial charge in [-0.25, -0.2) is 13.6 Å². The van der Waals surface area contributed by atoms with E-state index in [9.17, 15) is 8.42 Å². The summed E-state index contributed by atoms with van der Waals surface area (Å²) in [6.45, 7) is 0. The number of rotatable bonds is 3. The fourth-order valence-corrected chi connectivity index (χ4v) is 2.14. The molecule has 14 heavy (non-hydrogen) atoms. The normalized spacial score (nSPS) is 11.4. The zero-order valence-electron chi connectivity index (χ0n) is 7.53. The van der Waals surface area contributed by atoms with Crippen molar-refractivity contribution in [3.63, 3.8) is 0 Å². The van der Waals surface area contributed by atoms with Crippen molar-refractivity contribution in [1.29, 1.82) is 0 Å². The molecule has 0 unspecified atom stereocenters. The Morgan fingerprint density at radius 1 is 1.50 bits per heavy atom. The smallest absolute Gasteiger partial charge is 0.213 e. The molecule has 0 saturated heterocycles. The van der Waals surface area contributed by atoms with E-state index in [2.05, 4.69) is 15.9 Å². The lowest BCUT2D eigenvalue weighted by Gasteiger charge is -2.07. The van der Waals surface area contributed by atoms with Gasteiger partial charge in [-0.3, -0.25) is 0 Å². The Morgan fingerprint density at radius 2 is 2.14 bits per heavy atom. The number of hydrogen-bond donors (Lipinski definition) is 1. The van der Waals surface area contributed by atoms with Gasteiger partial charge in [-0.1, -0.05) is 15.9 Å². The minimum atomic E-state index is -3.53. The summed E-state index contributed by atoms with van der Waals surface area (Å²) in [7, 11) is -2.05. The molecule has 0 aliphatic rings. The SMILES string of the molecule is COc1ccc(Br)cc1CS(N)(=O)=O. The van der Waals surface area contributed by atoms with Crippen molar-refractivity contribution >= 4 is 26.0 Å². The topological polar surface area (TPSA) is 69.4 Å². The molecule has 0 aliphatic heterocycles. The second kappa shape index (κ2) is 4.29. The highest BCUT2D eigenvalue weighted by Crippen LogP contribution is 2.24. The van der Waals surface area contributed by atoms with Crippen LogP contribution in [-0.4, -0.2) is 15.5 Å². The monoisotopic (exact) mass is 279 g/mol. The number of nitrogens with two attached hydrogens (primary N) is 1. The first-order valence-corrected chi connectivity index (χ1v) is 6.26. The molecule has 0 aromatic heterocycles. The third-order valence-electron chi connectivity index (χ3n) is 1.60. The van der Waals surface area contributed by atoms with Gasteiger partial charge in [-0.05, 0) is 18.2 Å². The van der Waals surface area contributed by atoms with Crippen molar-refractivity contribution in [1.82, 2.24) is 0 Å². The summed E-state index contributed by atoms with van der Waals surface area (Å²) < 4.78 is 27.6. The van der Waals surface area contributed by atoms with Gasteiger partial charge in [0.1, 0.15) is 5.75 Å². The van der Waals surface area contributed by atoms with Gasteiger partial charge in [-0.2, -0.15) is 0 Å². The maximum Gasteiger partial charge on any atom is 0.213 e. The van der Waals surface area contributed by atoms with E-state index in [1.807, 2.05) is 0 Å². The molecular weight excluding hydrogens is 270 g/mol. The number of benzene rings is 1. The van der Waals surface area contributed by atoms with Crippen LogP contribution in [0.1, 0.15) is 5.56 Å². The van der Waals surface area contributed by atoms with E-state index in [1.165, 1.54) is 7.11 Å². The quantitative estimate of drug-likeness (QED) is 0.905. The van der Waals surface area contributed by atoms with Gasteiger partial charge in [0, 0.05) is 10.0 Å². The maximum absolute atomic E-state index is 10.9. The minimum absolute atomic E-state index is 0.227. The van der Waals surface area contributed by atoms with Gasteiger partial charge in [0.2, 0.25) is 10.0 Å². The van der Waals surface area contributed by atoms with Crippen LogP contribution >= 0.6 is 15.9 Å². The van der Waals surface area contributed by atoms with Crippen LogP contribution in [0, 0.1) is 0 Å². The van der Waals surface area contributed by atoms with Gasteiger partial charge < -0.3 is 4.74 Å². The molecule has 2 N–H and O–H groups in total. The van der Waals surface area contributed by atoms with E-state index in [1.54, 1.807) is 18.2 Å². The van der Waals surface area contributed by atoms with Crippen LogP contribution in [0.5, 0.6) is 5.75 Å². The predicted molar refractivity (Wildman–Crippen MR) is 57.5 cm³/mol. The van der Waals surface area contributed by atoms with Crippen LogP contribution < -0.4 is 9.88 Å². The van der Waals surface area contributed by atoms with Gasteiger partial charge >= 0.3 is 0 Å². The molecule has 0 atom stereocenters. The van der Waals surface area contributed by atoms with E-state index >= 15 is 0 Å². The van der Waals surface area contributed by atoms with Crippen LogP contribution in [0.15, 0.2) is 22.7 Å². The molecule has 0 aliphatic carbocycles. The second-order valence-corrected chi connectivity index (χ2v) is 5.29. The van der Waals surface area contributed by atoms with Gasteiger partial charge in [0.15, 0.2) is 0 Å². The fourth-order valence-electron chi connectivity index (χ4n) is 1.08. The largest absolute Gasteiger partial charge is 0.496 e. The zero-order chi connectivity index (χ0) is 10.8. The summed E-state index contributed by atoms with van der Waals surface area (Å²) in [5.74, 6) is 0.289. The molecule has 0 radical (unpaired) electrons. The maximum atomic E-state index is 10.9. The second-order valence-electron chi connectivity index (χ2n) is 2.76.